The number of carbonyl (C=O) groups is 2. The zero-order valence-electron chi connectivity index (χ0n) is 23.1. The molecule has 38 heavy (non-hydrogen) atoms. The summed E-state index contributed by atoms with van der Waals surface area (Å²) in [6, 6.07) is 0.538. The molecule has 8 atom stereocenters. The van der Waals surface area contributed by atoms with Crippen molar-refractivity contribution in [3.63, 3.8) is 0 Å². The highest BCUT2D eigenvalue weighted by Gasteiger charge is 2.59. The lowest BCUT2D eigenvalue weighted by molar-refractivity contribution is -0.213. The van der Waals surface area contributed by atoms with Crippen LogP contribution in [0.15, 0.2) is 11.8 Å². The number of hydrogen-bond donors (Lipinski definition) is 2. The molecule has 0 spiro atoms. The Morgan fingerprint density at radius 3 is 2.66 bits per heavy atom. The molecule has 5 fully saturated rings. The molecule has 4 heterocycles. The van der Waals surface area contributed by atoms with Crippen molar-refractivity contribution in [3.8, 4) is 0 Å². The maximum absolute atomic E-state index is 16.1. The number of fused-ring (bicyclic) bond motifs is 2. The van der Waals surface area contributed by atoms with Crippen LogP contribution < -0.4 is 10.6 Å². The molecule has 0 radical (unpaired) electrons. The number of amides is 1. The van der Waals surface area contributed by atoms with Gasteiger partial charge in [-0.05, 0) is 58.9 Å². The van der Waals surface area contributed by atoms with Crippen LogP contribution in [-0.2, 0) is 14.3 Å². The molecule has 4 aliphatic heterocycles. The molecule has 8 unspecified atom stereocenters. The monoisotopic (exact) mass is 531 g/mol. The average molecular weight is 532 g/mol. The summed E-state index contributed by atoms with van der Waals surface area (Å²) in [5, 5.41) is 6.46. The van der Waals surface area contributed by atoms with Crippen molar-refractivity contribution in [1.29, 1.82) is 0 Å². The Morgan fingerprint density at radius 2 is 1.92 bits per heavy atom. The van der Waals surface area contributed by atoms with E-state index in [1.165, 1.54) is 6.42 Å². The van der Waals surface area contributed by atoms with Crippen LogP contribution in [0.5, 0.6) is 0 Å². The molecule has 3 saturated heterocycles. The molecule has 2 saturated carbocycles. The van der Waals surface area contributed by atoms with Crippen LogP contribution in [-0.4, -0.2) is 114 Å². The number of ketones is 1. The molecule has 1 amide bonds. The number of hydrogen-bond acceptors (Lipinski definition) is 7. The second kappa shape index (κ2) is 11.1. The van der Waals surface area contributed by atoms with Crippen molar-refractivity contribution >= 4 is 11.7 Å². The predicted octanol–water partition coefficient (Wildman–Crippen LogP) is 1.84. The fraction of sp³-hybridized carbons (Fsp3) is 0.862. The SMILES string of the molecule is CC(C)N1CCN(C2C(F)CC3C(=O)C(C(=O)NCCC4CCCN4)=CN4C5CCCCC5OC2C34)CC1. The zero-order valence-corrected chi connectivity index (χ0v) is 23.1. The lowest BCUT2D eigenvalue weighted by Gasteiger charge is -2.60. The van der Waals surface area contributed by atoms with Gasteiger partial charge >= 0.3 is 0 Å². The number of Topliss-reactive ketones (excluding diaryl/α,β-unsaturated/α-hetero) is 1. The van der Waals surface area contributed by atoms with Crippen LogP contribution in [0.1, 0.15) is 65.2 Å². The zero-order chi connectivity index (χ0) is 26.4. The van der Waals surface area contributed by atoms with E-state index in [0.717, 1.165) is 71.2 Å². The summed E-state index contributed by atoms with van der Waals surface area (Å²) in [6.45, 7) is 9.50. The molecule has 9 heteroatoms. The minimum absolute atomic E-state index is 0.0256. The standard InChI is InChI=1S/C29H46FN5O3/c1-18(2)33-12-14-34(15-13-33)26-22(30)16-20-25-28(26)38-24-8-4-3-7-23(24)35(25)17-21(27(20)36)29(37)32-11-9-19-6-5-10-31-19/h17-20,22-26,28,31H,3-16H2,1-2H3,(H,32,37). The van der Waals surface area contributed by atoms with E-state index in [-0.39, 0.29) is 54.0 Å². The summed E-state index contributed by atoms with van der Waals surface area (Å²) in [6.07, 6.45) is 7.88. The number of carbonyl (C=O) groups excluding carboxylic acids is 2. The van der Waals surface area contributed by atoms with Gasteiger partial charge in [0.15, 0.2) is 5.78 Å². The molecule has 212 valence electrons. The van der Waals surface area contributed by atoms with Gasteiger partial charge in [-0.3, -0.25) is 19.4 Å². The first-order chi connectivity index (χ1) is 18.4. The van der Waals surface area contributed by atoms with Gasteiger partial charge in [0.1, 0.15) is 6.17 Å². The Bertz CT molecular complexity index is 916. The Kier molecular flexibility index (Phi) is 7.82. The maximum Gasteiger partial charge on any atom is 0.256 e. The number of nitrogens with one attached hydrogen (secondary N) is 2. The smallest absolute Gasteiger partial charge is 0.256 e. The average Bonchev–Trinajstić information content (AvgIpc) is 3.43. The molecule has 6 aliphatic rings. The highest BCUT2D eigenvalue weighted by atomic mass is 19.1. The lowest BCUT2D eigenvalue weighted by Crippen LogP contribution is -2.74. The first-order valence-electron chi connectivity index (χ1n) is 15.2. The van der Waals surface area contributed by atoms with Gasteiger partial charge in [0.2, 0.25) is 0 Å². The van der Waals surface area contributed by atoms with Gasteiger partial charge < -0.3 is 20.3 Å². The molecule has 6 rings (SSSR count). The van der Waals surface area contributed by atoms with E-state index >= 15 is 4.39 Å². The van der Waals surface area contributed by atoms with Crippen molar-refractivity contribution in [2.75, 3.05) is 39.3 Å². The van der Waals surface area contributed by atoms with E-state index in [1.54, 1.807) is 0 Å². The van der Waals surface area contributed by atoms with E-state index in [1.807, 2.05) is 6.20 Å². The van der Waals surface area contributed by atoms with Gasteiger partial charge in [0.05, 0.1) is 35.9 Å². The number of alkyl halides is 1. The number of ether oxygens (including phenoxy) is 1. The quantitative estimate of drug-likeness (QED) is 0.507. The summed E-state index contributed by atoms with van der Waals surface area (Å²) < 4.78 is 22.9. The second-order valence-corrected chi connectivity index (χ2v) is 12.7. The Labute approximate surface area is 226 Å². The first-order valence-corrected chi connectivity index (χ1v) is 15.2. The molecule has 0 aromatic carbocycles. The highest BCUT2D eigenvalue weighted by Crippen LogP contribution is 2.46. The Hall–Kier alpha value is -1.55. The Balaban J connectivity index is 1.23. The summed E-state index contributed by atoms with van der Waals surface area (Å²) in [5.41, 5.74) is 0.215. The lowest BCUT2D eigenvalue weighted by atomic mass is 9.69. The van der Waals surface area contributed by atoms with Crippen LogP contribution in [0, 0.1) is 5.92 Å². The van der Waals surface area contributed by atoms with Crippen LogP contribution in [0.25, 0.3) is 0 Å². The van der Waals surface area contributed by atoms with Gasteiger partial charge in [-0.25, -0.2) is 4.39 Å². The van der Waals surface area contributed by atoms with Gasteiger partial charge in [-0.15, -0.1) is 0 Å². The van der Waals surface area contributed by atoms with Gasteiger partial charge in [-0.1, -0.05) is 12.8 Å². The van der Waals surface area contributed by atoms with Crippen molar-refractivity contribution in [3.05, 3.63) is 11.8 Å². The summed E-state index contributed by atoms with van der Waals surface area (Å²) in [4.78, 5) is 34.0. The Morgan fingerprint density at radius 1 is 1.13 bits per heavy atom. The van der Waals surface area contributed by atoms with E-state index in [4.69, 9.17) is 4.74 Å². The van der Waals surface area contributed by atoms with Crippen molar-refractivity contribution in [2.24, 2.45) is 5.92 Å². The largest absolute Gasteiger partial charge is 0.369 e. The number of morpholine rings is 1. The maximum atomic E-state index is 16.1. The number of rotatable bonds is 6. The molecule has 0 bridgehead atoms. The summed E-state index contributed by atoms with van der Waals surface area (Å²) in [5.74, 6) is -1.03. The first kappa shape index (κ1) is 26.7. The van der Waals surface area contributed by atoms with Crippen molar-refractivity contribution in [2.45, 2.75) is 114 Å². The second-order valence-electron chi connectivity index (χ2n) is 12.7. The van der Waals surface area contributed by atoms with Crippen molar-refractivity contribution in [1.82, 2.24) is 25.3 Å². The highest BCUT2D eigenvalue weighted by molar-refractivity contribution is 6.20. The fourth-order valence-corrected chi connectivity index (χ4v) is 8.17. The number of piperazine rings is 1. The summed E-state index contributed by atoms with van der Waals surface area (Å²) >= 11 is 0. The molecule has 0 aromatic heterocycles. The minimum atomic E-state index is -1.14. The predicted molar refractivity (Wildman–Crippen MR) is 143 cm³/mol. The number of halogens is 1. The van der Waals surface area contributed by atoms with Crippen LogP contribution in [0.4, 0.5) is 4.39 Å². The van der Waals surface area contributed by atoms with E-state index in [9.17, 15) is 9.59 Å². The van der Waals surface area contributed by atoms with E-state index in [2.05, 4.69) is 39.2 Å². The molecule has 2 N–H and O–H groups in total. The topological polar surface area (TPSA) is 77.2 Å². The fourth-order valence-electron chi connectivity index (χ4n) is 8.17. The summed E-state index contributed by atoms with van der Waals surface area (Å²) in [7, 11) is 0. The van der Waals surface area contributed by atoms with E-state index in [0.29, 0.717) is 18.6 Å². The molecule has 0 aromatic rings. The normalized spacial score (nSPS) is 40.1. The van der Waals surface area contributed by atoms with Crippen LogP contribution >= 0.6 is 0 Å². The third-order valence-corrected chi connectivity index (χ3v) is 10.2. The number of nitrogens with zero attached hydrogens (tertiary/aromatic N) is 3. The van der Waals surface area contributed by atoms with Gasteiger partial charge in [0, 0.05) is 56.9 Å². The van der Waals surface area contributed by atoms with Crippen LogP contribution in [0.2, 0.25) is 0 Å². The van der Waals surface area contributed by atoms with E-state index < -0.39 is 12.1 Å². The van der Waals surface area contributed by atoms with Crippen LogP contribution in [0.3, 0.4) is 0 Å². The third kappa shape index (κ3) is 4.93. The van der Waals surface area contributed by atoms with Crippen molar-refractivity contribution < 1.29 is 18.7 Å². The van der Waals surface area contributed by atoms with Gasteiger partial charge in [-0.2, -0.15) is 0 Å². The van der Waals surface area contributed by atoms with Gasteiger partial charge in [0.25, 0.3) is 5.91 Å². The third-order valence-electron chi connectivity index (χ3n) is 10.2. The molecule has 2 aliphatic carbocycles. The minimum Gasteiger partial charge on any atom is -0.369 e. The molecular weight excluding hydrogens is 485 g/mol. The molecular formula is C29H46FN5O3. The molecule has 8 nitrogen and oxygen atoms in total.